The van der Waals surface area contributed by atoms with Crippen molar-refractivity contribution in [2.45, 2.75) is 32.6 Å². The molecular weight excluding hydrogens is 400 g/mol. The fourth-order valence-electron chi connectivity index (χ4n) is 4.70. The van der Waals surface area contributed by atoms with E-state index in [1.165, 1.54) is 44.5 Å². The first kappa shape index (κ1) is 21.1. The van der Waals surface area contributed by atoms with Gasteiger partial charge in [-0.3, -0.25) is 0 Å². The zero-order valence-corrected chi connectivity index (χ0v) is 19.1. The Morgan fingerprint density at radius 1 is 0.970 bits per heavy atom. The molecule has 1 aromatic heterocycles. The molecule has 0 bridgehead atoms. The maximum Gasteiger partial charge on any atom is 0.0462 e. The summed E-state index contributed by atoms with van der Waals surface area (Å²) >= 11 is 0. The number of fused-ring (bicyclic) bond motifs is 3. The van der Waals surface area contributed by atoms with Gasteiger partial charge >= 0.3 is 0 Å². The molecular formula is C31H30N2. The van der Waals surface area contributed by atoms with Crippen LogP contribution in [0.5, 0.6) is 0 Å². The van der Waals surface area contributed by atoms with E-state index >= 15 is 0 Å². The van der Waals surface area contributed by atoms with Crippen LogP contribution in [0.4, 0.5) is 11.4 Å². The topological polar surface area (TPSA) is 27.8 Å². The molecule has 0 radical (unpaired) electrons. The van der Waals surface area contributed by atoms with Gasteiger partial charge in [-0.25, -0.2) is 0 Å². The lowest BCUT2D eigenvalue weighted by molar-refractivity contribution is 0.854. The molecule has 0 unspecified atom stereocenters. The lowest BCUT2D eigenvalue weighted by Crippen LogP contribution is -1.96. The minimum absolute atomic E-state index is 0.958. The summed E-state index contributed by atoms with van der Waals surface area (Å²) in [5, 5.41) is 4.90. The summed E-state index contributed by atoms with van der Waals surface area (Å²) in [6, 6.07) is 25.9. The van der Waals surface area contributed by atoms with Gasteiger partial charge in [-0.2, -0.15) is 0 Å². The summed E-state index contributed by atoms with van der Waals surface area (Å²) in [6.45, 7) is 2.16. The Balaban J connectivity index is 1.30. The van der Waals surface area contributed by atoms with E-state index in [0.717, 1.165) is 31.4 Å². The second-order valence-corrected chi connectivity index (χ2v) is 8.58. The summed E-state index contributed by atoms with van der Waals surface area (Å²) in [7, 11) is 0. The van der Waals surface area contributed by atoms with Gasteiger partial charge in [-0.1, -0.05) is 72.8 Å². The van der Waals surface area contributed by atoms with Crippen molar-refractivity contribution in [3.8, 4) is 0 Å². The molecule has 164 valence electrons. The highest BCUT2D eigenvalue weighted by molar-refractivity contribution is 5.93. The number of allylic oxidation sites excluding steroid dienone is 5. The van der Waals surface area contributed by atoms with Gasteiger partial charge in [0.15, 0.2) is 0 Å². The molecule has 0 fully saturated rings. The molecule has 1 aliphatic carbocycles. The number of hydrogen-bond acceptors (Lipinski definition) is 1. The smallest absolute Gasteiger partial charge is 0.0462 e. The van der Waals surface area contributed by atoms with Gasteiger partial charge in [0.2, 0.25) is 0 Å². The van der Waals surface area contributed by atoms with Crippen LogP contribution in [0.25, 0.3) is 22.6 Å². The lowest BCUT2D eigenvalue weighted by Gasteiger charge is -2.13. The molecule has 2 nitrogen and oxygen atoms in total. The van der Waals surface area contributed by atoms with E-state index in [1.54, 1.807) is 0 Å². The number of nitrogens with one attached hydrogen (secondary N) is 2. The Bertz CT molecular complexity index is 1340. The molecule has 1 heterocycles. The van der Waals surface area contributed by atoms with Crippen molar-refractivity contribution < 1.29 is 0 Å². The molecule has 4 aromatic rings. The van der Waals surface area contributed by atoms with Crippen LogP contribution in [0.3, 0.4) is 0 Å². The van der Waals surface area contributed by atoms with E-state index < -0.39 is 0 Å². The molecule has 0 atom stereocenters. The highest BCUT2D eigenvalue weighted by atomic mass is 14.9. The molecule has 33 heavy (non-hydrogen) atoms. The first-order valence-corrected chi connectivity index (χ1v) is 11.8. The van der Waals surface area contributed by atoms with Crippen molar-refractivity contribution in [1.82, 2.24) is 4.98 Å². The Labute approximate surface area is 196 Å². The summed E-state index contributed by atoms with van der Waals surface area (Å²) in [5.41, 5.74) is 10.3. The fraction of sp³-hybridized carbons (Fsp3) is 0.161. The largest absolute Gasteiger partial charge is 0.358 e. The third-order valence-electron chi connectivity index (χ3n) is 6.43. The predicted octanol–water partition coefficient (Wildman–Crippen LogP) is 8.46. The zero-order valence-electron chi connectivity index (χ0n) is 19.1. The van der Waals surface area contributed by atoms with Crippen LogP contribution in [-0.4, -0.2) is 4.98 Å². The molecule has 0 spiro atoms. The monoisotopic (exact) mass is 430 g/mol. The molecule has 0 saturated carbocycles. The van der Waals surface area contributed by atoms with Crippen LogP contribution < -0.4 is 5.32 Å². The van der Waals surface area contributed by atoms with Crippen LogP contribution in [0.15, 0.2) is 97.1 Å². The van der Waals surface area contributed by atoms with Crippen LogP contribution in [0.2, 0.25) is 0 Å². The minimum Gasteiger partial charge on any atom is -0.358 e. The second-order valence-electron chi connectivity index (χ2n) is 8.58. The van der Waals surface area contributed by atoms with E-state index in [1.807, 2.05) is 6.07 Å². The maximum absolute atomic E-state index is 3.60. The van der Waals surface area contributed by atoms with E-state index in [0.29, 0.717) is 0 Å². The number of aromatic nitrogens is 1. The van der Waals surface area contributed by atoms with Gasteiger partial charge < -0.3 is 10.3 Å². The number of aryl methyl sites for hydroxylation is 1. The molecule has 0 amide bonds. The molecule has 2 N–H and O–H groups in total. The van der Waals surface area contributed by atoms with Crippen LogP contribution in [0, 0.1) is 0 Å². The molecule has 2 heteroatoms. The van der Waals surface area contributed by atoms with E-state index in [4.69, 9.17) is 0 Å². The van der Waals surface area contributed by atoms with Crippen molar-refractivity contribution in [3.63, 3.8) is 0 Å². The molecule has 3 aromatic carbocycles. The van der Waals surface area contributed by atoms with E-state index in [9.17, 15) is 0 Å². The normalized spacial score (nSPS) is 13.2. The SMILES string of the molecule is C/C=C(\CCCc1ccccc1Nc1ccccc1)c1ccc2[nH]c3c(c2c1)C=CC=CC3. The van der Waals surface area contributed by atoms with Crippen molar-refractivity contribution in [2.24, 2.45) is 0 Å². The van der Waals surface area contributed by atoms with Crippen LogP contribution >= 0.6 is 0 Å². The molecule has 0 saturated heterocycles. The van der Waals surface area contributed by atoms with Gasteiger partial charge in [0, 0.05) is 40.0 Å². The maximum atomic E-state index is 3.60. The summed E-state index contributed by atoms with van der Waals surface area (Å²) in [6.07, 6.45) is 15.2. The van der Waals surface area contributed by atoms with Gasteiger partial charge in [0.1, 0.15) is 0 Å². The number of rotatable bonds is 7. The average Bonchev–Trinajstić information content (AvgIpc) is 3.03. The van der Waals surface area contributed by atoms with Gasteiger partial charge in [0.25, 0.3) is 0 Å². The van der Waals surface area contributed by atoms with Crippen molar-refractivity contribution in [1.29, 1.82) is 0 Å². The highest BCUT2D eigenvalue weighted by Gasteiger charge is 2.12. The first-order valence-electron chi connectivity index (χ1n) is 11.8. The third kappa shape index (κ3) is 4.70. The van der Waals surface area contributed by atoms with Crippen molar-refractivity contribution in [3.05, 3.63) is 119 Å². The van der Waals surface area contributed by atoms with Crippen LogP contribution in [-0.2, 0) is 12.8 Å². The number of aromatic amines is 1. The highest BCUT2D eigenvalue weighted by Crippen LogP contribution is 2.31. The molecule has 5 rings (SSSR count). The molecule has 0 aliphatic heterocycles. The Morgan fingerprint density at radius 2 is 1.82 bits per heavy atom. The number of para-hydroxylation sites is 2. The fourth-order valence-corrected chi connectivity index (χ4v) is 4.70. The Kier molecular flexibility index (Phi) is 6.25. The van der Waals surface area contributed by atoms with Gasteiger partial charge in [0.05, 0.1) is 0 Å². The van der Waals surface area contributed by atoms with E-state index in [-0.39, 0.29) is 0 Å². The summed E-state index contributed by atoms with van der Waals surface area (Å²) in [5.74, 6) is 0. The summed E-state index contributed by atoms with van der Waals surface area (Å²) < 4.78 is 0. The first-order chi connectivity index (χ1) is 16.3. The van der Waals surface area contributed by atoms with Crippen molar-refractivity contribution >= 4 is 33.9 Å². The van der Waals surface area contributed by atoms with Gasteiger partial charge in [-0.15, -0.1) is 0 Å². The number of benzene rings is 3. The predicted molar refractivity (Wildman–Crippen MR) is 143 cm³/mol. The van der Waals surface area contributed by atoms with Crippen LogP contribution in [0.1, 0.15) is 42.1 Å². The Morgan fingerprint density at radius 3 is 2.70 bits per heavy atom. The average molecular weight is 431 g/mol. The third-order valence-corrected chi connectivity index (χ3v) is 6.43. The summed E-state index contributed by atoms with van der Waals surface area (Å²) in [4.78, 5) is 3.60. The Hall–Kier alpha value is -3.78. The quantitative estimate of drug-likeness (QED) is 0.302. The van der Waals surface area contributed by atoms with Gasteiger partial charge in [-0.05, 0) is 73.2 Å². The lowest BCUT2D eigenvalue weighted by atomic mass is 9.96. The number of anilines is 2. The minimum atomic E-state index is 0.958. The number of H-pyrrole nitrogens is 1. The standard InChI is InChI=1S/C31H30N2/c1-2-23(25-20-21-31-28(22-25)27-17-7-4-8-19-30(27)33-31)13-11-14-24-12-9-10-18-29(24)32-26-15-5-3-6-16-26/h2-10,12,15-18,20-22,32-33H,11,13-14,19H2,1H3/b23-2+. The van der Waals surface area contributed by atoms with Crippen molar-refractivity contribution in [2.75, 3.05) is 5.32 Å². The van der Waals surface area contributed by atoms with E-state index in [2.05, 4.69) is 114 Å². The number of hydrogen-bond donors (Lipinski definition) is 2. The second kappa shape index (κ2) is 9.79. The molecule has 1 aliphatic rings. The zero-order chi connectivity index (χ0) is 22.5.